The van der Waals surface area contributed by atoms with Gasteiger partial charge in [-0.1, -0.05) is 26.8 Å². The number of pyridine rings is 1. The van der Waals surface area contributed by atoms with Gasteiger partial charge >= 0.3 is 0 Å². The first-order valence-electron chi connectivity index (χ1n) is 5.65. The molecular weight excluding hydrogens is 200 g/mol. The maximum atomic E-state index is 5.61. The van der Waals surface area contributed by atoms with Crippen LogP contribution in [0, 0.1) is 5.41 Å². The third-order valence-corrected chi connectivity index (χ3v) is 2.77. The van der Waals surface area contributed by atoms with Crippen molar-refractivity contribution in [3.05, 3.63) is 30.1 Å². The van der Waals surface area contributed by atoms with Gasteiger partial charge in [-0.15, -0.1) is 0 Å². The topological polar surface area (TPSA) is 34.5 Å². The third kappa shape index (κ3) is 2.60. The number of hydrogen-bond donors (Lipinski definition) is 0. The van der Waals surface area contributed by atoms with Gasteiger partial charge < -0.3 is 4.74 Å². The lowest BCUT2D eigenvalue weighted by Crippen LogP contribution is -2.25. The molecule has 0 N–H and O–H groups in total. The molecule has 0 radical (unpaired) electrons. The van der Waals surface area contributed by atoms with Gasteiger partial charge in [0, 0.05) is 11.9 Å². The van der Waals surface area contributed by atoms with E-state index in [4.69, 9.17) is 4.74 Å². The van der Waals surface area contributed by atoms with E-state index in [9.17, 15) is 0 Å². The summed E-state index contributed by atoms with van der Waals surface area (Å²) in [5.74, 6) is 0.818. The predicted molar refractivity (Wildman–Crippen MR) is 64.6 cm³/mol. The Bertz CT molecular complexity index is 379. The van der Waals surface area contributed by atoms with Gasteiger partial charge in [0.15, 0.2) is 5.90 Å². The Balaban J connectivity index is 2.03. The Hall–Kier alpha value is -1.38. The van der Waals surface area contributed by atoms with Crippen molar-refractivity contribution in [2.75, 3.05) is 6.61 Å². The number of aliphatic imine (C=N–C) groups is 1. The summed E-state index contributed by atoms with van der Waals surface area (Å²) in [6, 6.07) is 6.17. The van der Waals surface area contributed by atoms with Gasteiger partial charge in [0.2, 0.25) is 0 Å². The average Bonchev–Trinajstić information content (AvgIpc) is 2.67. The highest BCUT2D eigenvalue weighted by atomic mass is 16.5. The van der Waals surface area contributed by atoms with E-state index in [1.807, 2.05) is 18.2 Å². The fourth-order valence-electron chi connectivity index (χ4n) is 1.62. The van der Waals surface area contributed by atoms with Crippen LogP contribution >= 0.6 is 0 Å². The molecule has 0 aromatic carbocycles. The van der Waals surface area contributed by atoms with Gasteiger partial charge in [0.05, 0.1) is 12.5 Å². The molecule has 0 spiro atoms. The fraction of sp³-hybridized carbons (Fsp3) is 0.538. The van der Waals surface area contributed by atoms with E-state index in [-0.39, 0.29) is 11.5 Å². The molecular formula is C13H18N2O. The van der Waals surface area contributed by atoms with Gasteiger partial charge in [-0.05, 0) is 17.5 Å². The molecule has 3 nitrogen and oxygen atoms in total. The number of aromatic nitrogens is 1. The van der Waals surface area contributed by atoms with Crippen molar-refractivity contribution in [2.24, 2.45) is 10.4 Å². The molecule has 0 aliphatic carbocycles. The van der Waals surface area contributed by atoms with Gasteiger partial charge in [0.1, 0.15) is 6.61 Å². The fourth-order valence-corrected chi connectivity index (χ4v) is 1.62. The van der Waals surface area contributed by atoms with E-state index < -0.39 is 0 Å². The van der Waals surface area contributed by atoms with Crippen molar-refractivity contribution in [2.45, 2.75) is 33.2 Å². The molecule has 0 saturated heterocycles. The first kappa shape index (κ1) is 11.1. The lowest BCUT2D eigenvalue weighted by molar-refractivity contribution is 0.233. The normalized spacial score (nSPS) is 20.4. The van der Waals surface area contributed by atoms with Crippen LogP contribution in [-0.4, -0.2) is 23.5 Å². The van der Waals surface area contributed by atoms with Crippen molar-refractivity contribution in [1.82, 2.24) is 4.98 Å². The maximum Gasteiger partial charge on any atom is 0.189 e. The summed E-state index contributed by atoms with van der Waals surface area (Å²) >= 11 is 0. The average molecular weight is 218 g/mol. The summed E-state index contributed by atoms with van der Waals surface area (Å²) in [5.41, 5.74) is 1.18. The first-order chi connectivity index (χ1) is 7.55. The van der Waals surface area contributed by atoms with Crippen molar-refractivity contribution in [3.63, 3.8) is 0 Å². The number of ether oxygens (including phenoxy) is 1. The van der Waals surface area contributed by atoms with Crippen LogP contribution in [0.3, 0.4) is 0 Å². The van der Waals surface area contributed by atoms with E-state index in [1.165, 1.54) is 0 Å². The highest BCUT2D eigenvalue weighted by molar-refractivity contribution is 5.79. The molecule has 2 heterocycles. The minimum Gasteiger partial charge on any atom is -0.478 e. The van der Waals surface area contributed by atoms with Crippen LogP contribution in [0.15, 0.2) is 29.4 Å². The second-order valence-electron chi connectivity index (χ2n) is 5.21. The molecule has 0 amide bonds. The second-order valence-corrected chi connectivity index (χ2v) is 5.21. The summed E-state index contributed by atoms with van der Waals surface area (Å²) in [4.78, 5) is 8.88. The predicted octanol–water partition coefficient (Wildman–Crippen LogP) is 2.47. The molecule has 1 aliphatic heterocycles. The zero-order valence-corrected chi connectivity index (χ0v) is 10.1. The van der Waals surface area contributed by atoms with E-state index in [2.05, 4.69) is 30.7 Å². The molecule has 2 rings (SSSR count). The summed E-state index contributed by atoms with van der Waals surface area (Å²) in [6.07, 6.45) is 2.50. The molecule has 0 fully saturated rings. The van der Waals surface area contributed by atoms with Crippen LogP contribution in [-0.2, 0) is 11.2 Å². The van der Waals surface area contributed by atoms with Gasteiger partial charge in [-0.2, -0.15) is 0 Å². The van der Waals surface area contributed by atoms with E-state index in [0.717, 1.165) is 11.6 Å². The largest absolute Gasteiger partial charge is 0.478 e. The molecule has 1 aromatic heterocycles. The van der Waals surface area contributed by atoms with Gasteiger partial charge in [-0.25, -0.2) is 4.99 Å². The van der Waals surface area contributed by atoms with Crippen LogP contribution in [0.1, 0.15) is 26.5 Å². The lowest BCUT2D eigenvalue weighted by atomic mass is 9.88. The Morgan fingerprint density at radius 3 is 2.75 bits per heavy atom. The lowest BCUT2D eigenvalue weighted by Gasteiger charge is -2.21. The molecule has 1 atom stereocenters. The van der Waals surface area contributed by atoms with Crippen molar-refractivity contribution < 1.29 is 4.74 Å². The molecule has 0 saturated carbocycles. The minimum atomic E-state index is 0.172. The van der Waals surface area contributed by atoms with Crippen LogP contribution in [0.5, 0.6) is 0 Å². The van der Waals surface area contributed by atoms with Crippen LogP contribution in [0.4, 0.5) is 0 Å². The molecule has 1 aromatic rings. The quantitative estimate of drug-likeness (QED) is 0.764. The summed E-state index contributed by atoms with van der Waals surface area (Å²) < 4.78 is 5.61. The number of hydrogen-bond acceptors (Lipinski definition) is 3. The summed E-state index contributed by atoms with van der Waals surface area (Å²) in [7, 11) is 0. The molecule has 3 heteroatoms. The summed E-state index contributed by atoms with van der Waals surface area (Å²) in [6.45, 7) is 7.27. The standard InChI is InChI=1S/C13H18N2O/c1-13(2,3)11-9-16-12(15-11)8-10-6-4-5-7-14-10/h4-7,11H,8-9H2,1-3H3. The van der Waals surface area contributed by atoms with Crippen LogP contribution in [0.25, 0.3) is 0 Å². The Morgan fingerprint density at radius 1 is 1.38 bits per heavy atom. The third-order valence-electron chi connectivity index (χ3n) is 2.77. The zero-order valence-electron chi connectivity index (χ0n) is 10.1. The Labute approximate surface area is 96.6 Å². The molecule has 0 bridgehead atoms. The smallest absolute Gasteiger partial charge is 0.189 e. The molecule has 86 valence electrons. The first-order valence-corrected chi connectivity index (χ1v) is 5.65. The minimum absolute atomic E-state index is 0.172. The van der Waals surface area contributed by atoms with Crippen molar-refractivity contribution in [1.29, 1.82) is 0 Å². The molecule has 1 aliphatic rings. The van der Waals surface area contributed by atoms with Crippen molar-refractivity contribution >= 4 is 5.90 Å². The molecule has 1 unspecified atom stereocenters. The summed E-state index contributed by atoms with van der Waals surface area (Å²) in [5, 5.41) is 0. The van der Waals surface area contributed by atoms with Crippen LogP contribution < -0.4 is 0 Å². The van der Waals surface area contributed by atoms with Crippen LogP contribution in [0.2, 0.25) is 0 Å². The SMILES string of the molecule is CC(C)(C)C1COC(Cc2ccccn2)=N1. The maximum absolute atomic E-state index is 5.61. The Kier molecular flexibility index (Phi) is 2.95. The van der Waals surface area contributed by atoms with Gasteiger partial charge in [-0.3, -0.25) is 4.98 Å². The van der Waals surface area contributed by atoms with E-state index in [0.29, 0.717) is 13.0 Å². The zero-order chi connectivity index (χ0) is 11.6. The van der Waals surface area contributed by atoms with E-state index in [1.54, 1.807) is 6.20 Å². The monoisotopic (exact) mass is 218 g/mol. The number of rotatable bonds is 2. The van der Waals surface area contributed by atoms with Gasteiger partial charge in [0.25, 0.3) is 0 Å². The van der Waals surface area contributed by atoms with E-state index >= 15 is 0 Å². The number of nitrogens with zero attached hydrogens (tertiary/aromatic N) is 2. The Morgan fingerprint density at radius 2 is 2.19 bits per heavy atom. The highest BCUT2D eigenvalue weighted by Crippen LogP contribution is 2.26. The molecule has 16 heavy (non-hydrogen) atoms. The second kappa shape index (κ2) is 4.24. The highest BCUT2D eigenvalue weighted by Gasteiger charge is 2.30. The van der Waals surface area contributed by atoms with Crippen molar-refractivity contribution in [3.8, 4) is 0 Å².